The van der Waals surface area contributed by atoms with Crippen LogP contribution in [0.1, 0.15) is 59.3 Å². The third-order valence-corrected chi connectivity index (χ3v) is 5.17. The van der Waals surface area contributed by atoms with E-state index in [1.165, 1.54) is 58.2 Å². The van der Waals surface area contributed by atoms with Gasteiger partial charge in [-0.15, -0.1) is 0 Å². The first-order chi connectivity index (χ1) is 8.70. The molecular weight excluding hydrogens is 220 g/mol. The zero-order valence-electron chi connectivity index (χ0n) is 12.6. The fourth-order valence-corrected chi connectivity index (χ4v) is 4.00. The van der Waals surface area contributed by atoms with Crippen molar-refractivity contribution in [2.45, 2.75) is 71.4 Å². The number of hydrogen-bond donors (Lipinski definition) is 1. The Morgan fingerprint density at radius 2 is 1.94 bits per heavy atom. The van der Waals surface area contributed by atoms with Gasteiger partial charge in [-0.3, -0.25) is 0 Å². The summed E-state index contributed by atoms with van der Waals surface area (Å²) in [5, 5.41) is 3.69. The summed E-state index contributed by atoms with van der Waals surface area (Å²) in [6, 6.07) is 1.63. The zero-order chi connectivity index (χ0) is 13.0. The van der Waals surface area contributed by atoms with Crippen molar-refractivity contribution in [2.24, 2.45) is 11.8 Å². The maximum Gasteiger partial charge on any atom is 0.0121 e. The Morgan fingerprint density at radius 3 is 2.67 bits per heavy atom. The van der Waals surface area contributed by atoms with Crippen molar-refractivity contribution in [3.8, 4) is 0 Å². The smallest absolute Gasteiger partial charge is 0.0121 e. The summed E-state index contributed by atoms with van der Waals surface area (Å²) >= 11 is 0. The molecule has 4 atom stereocenters. The maximum atomic E-state index is 3.69. The van der Waals surface area contributed by atoms with Crippen molar-refractivity contribution >= 4 is 0 Å². The van der Waals surface area contributed by atoms with Gasteiger partial charge in [0, 0.05) is 12.1 Å². The highest BCUT2D eigenvalue weighted by Gasteiger charge is 2.30. The Bertz CT molecular complexity index is 241. The summed E-state index contributed by atoms with van der Waals surface area (Å²) in [6.45, 7) is 11.1. The average molecular weight is 252 g/mol. The van der Waals surface area contributed by atoms with Crippen LogP contribution >= 0.6 is 0 Å². The molecule has 106 valence electrons. The first-order valence-electron chi connectivity index (χ1n) is 8.18. The molecule has 0 bridgehead atoms. The van der Waals surface area contributed by atoms with E-state index in [-0.39, 0.29) is 0 Å². The normalized spacial score (nSPS) is 40.2. The molecule has 0 aromatic heterocycles. The fraction of sp³-hybridized carbons (Fsp3) is 1.00. The van der Waals surface area contributed by atoms with Crippen molar-refractivity contribution in [2.75, 3.05) is 19.6 Å². The van der Waals surface area contributed by atoms with Crippen molar-refractivity contribution in [3.63, 3.8) is 0 Å². The van der Waals surface area contributed by atoms with Gasteiger partial charge < -0.3 is 10.2 Å². The van der Waals surface area contributed by atoms with Gasteiger partial charge in [0.25, 0.3) is 0 Å². The second-order valence-corrected chi connectivity index (χ2v) is 6.70. The minimum absolute atomic E-state index is 0.755. The second kappa shape index (κ2) is 6.91. The molecule has 1 heterocycles. The predicted molar refractivity (Wildman–Crippen MR) is 78.9 cm³/mol. The molecule has 0 aromatic rings. The molecule has 1 aliphatic heterocycles. The lowest BCUT2D eigenvalue weighted by Gasteiger charge is -2.42. The first kappa shape index (κ1) is 14.3. The molecular formula is C16H32N2. The molecule has 1 aliphatic carbocycles. The van der Waals surface area contributed by atoms with Gasteiger partial charge in [-0.1, -0.05) is 20.8 Å². The Kier molecular flexibility index (Phi) is 5.50. The molecule has 2 rings (SSSR count). The standard InChI is InChI=1S/C16H32N2/c1-4-15-8-11-18(10-5-9-17-15)16-7-6-13(2)12-14(16)3/h13-17H,4-12H2,1-3H3. The van der Waals surface area contributed by atoms with E-state index in [1.54, 1.807) is 0 Å². The van der Waals surface area contributed by atoms with Crippen LogP contribution in [-0.4, -0.2) is 36.6 Å². The molecule has 0 spiro atoms. The summed E-state index contributed by atoms with van der Waals surface area (Å²) in [7, 11) is 0. The van der Waals surface area contributed by atoms with Crippen LogP contribution in [0.5, 0.6) is 0 Å². The largest absolute Gasteiger partial charge is 0.314 e. The first-order valence-corrected chi connectivity index (χ1v) is 8.18. The van der Waals surface area contributed by atoms with E-state index in [0.29, 0.717) is 0 Å². The minimum Gasteiger partial charge on any atom is -0.314 e. The quantitative estimate of drug-likeness (QED) is 0.811. The van der Waals surface area contributed by atoms with Gasteiger partial charge in [0.05, 0.1) is 0 Å². The monoisotopic (exact) mass is 252 g/mol. The highest BCUT2D eigenvalue weighted by atomic mass is 15.2. The third-order valence-electron chi connectivity index (χ3n) is 5.17. The summed E-state index contributed by atoms with van der Waals surface area (Å²) in [4.78, 5) is 2.82. The molecule has 1 N–H and O–H groups in total. The van der Waals surface area contributed by atoms with E-state index < -0.39 is 0 Å². The minimum atomic E-state index is 0.755. The maximum absolute atomic E-state index is 3.69. The Balaban J connectivity index is 1.89. The van der Waals surface area contributed by atoms with Crippen LogP contribution in [0.25, 0.3) is 0 Å². The lowest BCUT2D eigenvalue weighted by molar-refractivity contribution is 0.0826. The summed E-state index contributed by atoms with van der Waals surface area (Å²) < 4.78 is 0. The van der Waals surface area contributed by atoms with Crippen LogP contribution in [0, 0.1) is 11.8 Å². The number of nitrogens with zero attached hydrogens (tertiary/aromatic N) is 1. The number of rotatable bonds is 2. The Morgan fingerprint density at radius 1 is 1.11 bits per heavy atom. The topological polar surface area (TPSA) is 15.3 Å². The molecule has 2 heteroatoms. The van der Waals surface area contributed by atoms with Crippen molar-refractivity contribution in [1.82, 2.24) is 10.2 Å². The van der Waals surface area contributed by atoms with E-state index >= 15 is 0 Å². The number of nitrogens with one attached hydrogen (secondary N) is 1. The molecule has 4 unspecified atom stereocenters. The van der Waals surface area contributed by atoms with Crippen LogP contribution in [0.15, 0.2) is 0 Å². The van der Waals surface area contributed by atoms with E-state index in [2.05, 4.69) is 31.0 Å². The SMILES string of the molecule is CCC1CCN(C2CCC(C)CC2C)CCCN1. The predicted octanol–water partition coefficient (Wildman–Crippen LogP) is 3.28. The Labute approximate surface area is 114 Å². The van der Waals surface area contributed by atoms with Gasteiger partial charge in [0.1, 0.15) is 0 Å². The molecule has 2 aliphatic rings. The van der Waals surface area contributed by atoms with Gasteiger partial charge in [-0.05, 0) is 70.0 Å². The van der Waals surface area contributed by atoms with Crippen molar-refractivity contribution in [1.29, 1.82) is 0 Å². The molecule has 0 amide bonds. The molecule has 2 fully saturated rings. The van der Waals surface area contributed by atoms with Crippen LogP contribution in [0.4, 0.5) is 0 Å². The third kappa shape index (κ3) is 3.71. The average Bonchev–Trinajstić information content (AvgIpc) is 2.31. The van der Waals surface area contributed by atoms with Crippen LogP contribution in [0.2, 0.25) is 0 Å². The molecule has 1 saturated carbocycles. The zero-order valence-corrected chi connectivity index (χ0v) is 12.6. The summed E-state index contributed by atoms with van der Waals surface area (Å²) in [5.41, 5.74) is 0. The van der Waals surface area contributed by atoms with Gasteiger partial charge >= 0.3 is 0 Å². The molecule has 2 nitrogen and oxygen atoms in total. The fourth-order valence-electron chi connectivity index (χ4n) is 4.00. The Hall–Kier alpha value is -0.0800. The van der Waals surface area contributed by atoms with Crippen molar-refractivity contribution < 1.29 is 0 Å². The molecule has 18 heavy (non-hydrogen) atoms. The molecule has 0 aromatic carbocycles. The van der Waals surface area contributed by atoms with E-state index in [0.717, 1.165) is 23.9 Å². The van der Waals surface area contributed by atoms with Crippen LogP contribution < -0.4 is 5.32 Å². The summed E-state index contributed by atoms with van der Waals surface area (Å²) in [5.74, 6) is 1.86. The lowest BCUT2D eigenvalue weighted by Crippen LogP contribution is -2.47. The van der Waals surface area contributed by atoms with Gasteiger partial charge in [-0.2, -0.15) is 0 Å². The van der Waals surface area contributed by atoms with Gasteiger partial charge in [-0.25, -0.2) is 0 Å². The van der Waals surface area contributed by atoms with E-state index in [1.807, 2.05) is 0 Å². The van der Waals surface area contributed by atoms with Crippen LogP contribution in [0.3, 0.4) is 0 Å². The van der Waals surface area contributed by atoms with Gasteiger partial charge in [0.15, 0.2) is 0 Å². The highest BCUT2D eigenvalue weighted by molar-refractivity contribution is 4.85. The second-order valence-electron chi connectivity index (χ2n) is 6.70. The van der Waals surface area contributed by atoms with Crippen molar-refractivity contribution in [3.05, 3.63) is 0 Å². The lowest BCUT2D eigenvalue weighted by atomic mass is 9.79. The van der Waals surface area contributed by atoms with Gasteiger partial charge in [0.2, 0.25) is 0 Å². The van der Waals surface area contributed by atoms with Crippen LogP contribution in [-0.2, 0) is 0 Å². The molecule has 0 radical (unpaired) electrons. The summed E-state index contributed by atoms with van der Waals surface area (Å²) in [6.07, 6.45) is 8.28. The molecule has 1 saturated heterocycles. The highest BCUT2D eigenvalue weighted by Crippen LogP contribution is 2.32. The number of hydrogen-bond acceptors (Lipinski definition) is 2. The van der Waals surface area contributed by atoms with E-state index in [4.69, 9.17) is 0 Å². The van der Waals surface area contributed by atoms with E-state index in [9.17, 15) is 0 Å².